The summed E-state index contributed by atoms with van der Waals surface area (Å²) in [5.41, 5.74) is 1.05. The minimum absolute atomic E-state index is 0.840. The standard InChI is InChI=1S/C17H13N3O/c1-21-15-3-2-13-9-17(19-10-14(13)8-15)20-7-5-12-4-6-18-11-16(12)20/h2-11H,1H3. The Morgan fingerprint density at radius 3 is 2.81 bits per heavy atom. The van der Waals surface area contributed by atoms with Gasteiger partial charge < -0.3 is 4.74 Å². The minimum atomic E-state index is 0.840. The SMILES string of the molecule is COc1ccc2cc(-n3ccc4ccncc43)ncc2c1. The summed E-state index contributed by atoms with van der Waals surface area (Å²) in [5.74, 6) is 1.73. The third kappa shape index (κ3) is 1.92. The number of benzene rings is 1. The molecule has 4 heteroatoms. The number of hydrogen-bond donors (Lipinski definition) is 0. The summed E-state index contributed by atoms with van der Waals surface area (Å²) in [7, 11) is 1.67. The molecule has 21 heavy (non-hydrogen) atoms. The molecular weight excluding hydrogens is 262 g/mol. The fraction of sp³-hybridized carbons (Fsp3) is 0.0588. The third-order valence-electron chi connectivity index (χ3n) is 3.66. The lowest BCUT2D eigenvalue weighted by atomic mass is 10.1. The molecule has 0 radical (unpaired) electrons. The molecule has 0 aliphatic carbocycles. The number of nitrogens with zero attached hydrogens (tertiary/aromatic N) is 3. The van der Waals surface area contributed by atoms with Gasteiger partial charge >= 0.3 is 0 Å². The van der Waals surface area contributed by atoms with E-state index in [1.807, 2.05) is 47.4 Å². The van der Waals surface area contributed by atoms with Crippen LogP contribution in [0.3, 0.4) is 0 Å². The van der Waals surface area contributed by atoms with Crippen molar-refractivity contribution in [1.82, 2.24) is 14.5 Å². The van der Waals surface area contributed by atoms with Crippen LogP contribution in [-0.2, 0) is 0 Å². The summed E-state index contributed by atoms with van der Waals surface area (Å²) < 4.78 is 7.29. The number of hydrogen-bond acceptors (Lipinski definition) is 3. The van der Waals surface area contributed by atoms with Gasteiger partial charge in [0, 0.05) is 29.4 Å². The van der Waals surface area contributed by atoms with E-state index in [0.29, 0.717) is 0 Å². The van der Waals surface area contributed by atoms with Crippen LogP contribution < -0.4 is 4.74 Å². The molecule has 0 spiro atoms. The topological polar surface area (TPSA) is 39.9 Å². The van der Waals surface area contributed by atoms with Crippen molar-refractivity contribution in [2.75, 3.05) is 7.11 Å². The molecule has 0 N–H and O–H groups in total. The van der Waals surface area contributed by atoms with E-state index in [-0.39, 0.29) is 0 Å². The van der Waals surface area contributed by atoms with Crippen molar-refractivity contribution in [3.8, 4) is 11.6 Å². The normalized spacial score (nSPS) is 11.1. The summed E-state index contributed by atoms with van der Waals surface area (Å²) in [4.78, 5) is 8.75. The fourth-order valence-corrected chi connectivity index (χ4v) is 2.54. The van der Waals surface area contributed by atoms with E-state index in [0.717, 1.165) is 33.2 Å². The zero-order chi connectivity index (χ0) is 14.2. The second-order valence-electron chi connectivity index (χ2n) is 4.88. The van der Waals surface area contributed by atoms with Gasteiger partial charge in [0.05, 0.1) is 18.8 Å². The van der Waals surface area contributed by atoms with Crippen LogP contribution in [0.1, 0.15) is 0 Å². The molecular formula is C17H13N3O. The zero-order valence-electron chi connectivity index (χ0n) is 11.5. The molecule has 4 rings (SSSR count). The Morgan fingerprint density at radius 2 is 1.90 bits per heavy atom. The minimum Gasteiger partial charge on any atom is -0.497 e. The van der Waals surface area contributed by atoms with Gasteiger partial charge in [0.25, 0.3) is 0 Å². The average Bonchev–Trinajstić information content (AvgIpc) is 2.98. The molecule has 0 aliphatic heterocycles. The van der Waals surface area contributed by atoms with Gasteiger partial charge in [-0.2, -0.15) is 0 Å². The Bertz CT molecular complexity index is 943. The van der Waals surface area contributed by atoms with Crippen LogP contribution in [0.15, 0.2) is 61.2 Å². The molecule has 0 aliphatic rings. The highest BCUT2D eigenvalue weighted by Crippen LogP contribution is 2.24. The summed E-state index contributed by atoms with van der Waals surface area (Å²) in [5, 5.41) is 3.35. The van der Waals surface area contributed by atoms with Gasteiger partial charge in [-0.15, -0.1) is 0 Å². The monoisotopic (exact) mass is 275 g/mol. The van der Waals surface area contributed by atoms with Crippen molar-refractivity contribution in [2.24, 2.45) is 0 Å². The van der Waals surface area contributed by atoms with Gasteiger partial charge in [0.15, 0.2) is 0 Å². The first-order valence-electron chi connectivity index (χ1n) is 6.70. The molecule has 0 saturated carbocycles. The molecule has 3 heterocycles. The number of fused-ring (bicyclic) bond motifs is 2. The van der Waals surface area contributed by atoms with Crippen LogP contribution in [0, 0.1) is 0 Å². The van der Waals surface area contributed by atoms with Crippen LogP contribution in [0.4, 0.5) is 0 Å². The van der Waals surface area contributed by atoms with E-state index >= 15 is 0 Å². The van der Waals surface area contributed by atoms with E-state index in [1.165, 1.54) is 0 Å². The van der Waals surface area contributed by atoms with Crippen molar-refractivity contribution in [3.63, 3.8) is 0 Å². The quantitative estimate of drug-likeness (QED) is 0.561. The molecule has 1 aromatic carbocycles. The number of aromatic nitrogens is 3. The van der Waals surface area contributed by atoms with Gasteiger partial charge in [-0.05, 0) is 35.7 Å². The van der Waals surface area contributed by atoms with Crippen molar-refractivity contribution in [2.45, 2.75) is 0 Å². The van der Waals surface area contributed by atoms with Crippen LogP contribution in [0.2, 0.25) is 0 Å². The molecule has 4 nitrogen and oxygen atoms in total. The lowest BCUT2D eigenvalue weighted by Gasteiger charge is -2.07. The average molecular weight is 275 g/mol. The molecule has 3 aromatic heterocycles. The maximum absolute atomic E-state index is 5.24. The van der Waals surface area contributed by atoms with Gasteiger partial charge in [0.2, 0.25) is 0 Å². The van der Waals surface area contributed by atoms with E-state index in [2.05, 4.69) is 22.1 Å². The Hall–Kier alpha value is -2.88. The van der Waals surface area contributed by atoms with E-state index in [9.17, 15) is 0 Å². The van der Waals surface area contributed by atoms with Crippen molar-refractivity contribution in [1.29, 1.82) is 0 Å². The van der Waals surface area contributed by atoms with Gasteiger partial charge in [-0.1, -0.05) is 6.07 Å². The first-order chi connectivity index (χ1) is 10.3. The highest BCUT2D eigenvalue weighted by Gasteiger charge is 2.05. The highest BCUT2D eigenvalue weighted by atomic mass is 16.5. The summed E-state index contributed by atoms with van der Waals surface area (Å²) >= 11 is 0. The predicted octanol–water partition coefficient (Wildman–Crippen LogP) is 3.58. The molecule has 102 valence electrons. The maximum Gasteiger partial charge on any atom is 0.137 e. The smallest absolute Gasteiger partial charge is 0.137 e. The first-order valence-corrected chi connectivity index (χ1v) is 6.70. The van der Waals surface area contributed by atoms with Gasteiger partial charge in [0.1, 0.15) is 11.6 Å². The summed E-state index contributed by atoms with van der Waals surface area (Å²) in [6.07, 6.45) is 7.54. The van der Waals surface area contributed by atoms with Crippen LogP contribution in [0.25, 0.3) is 27.5 Å². The molecule has 0 amide bonds. The van der Waals surface area contributed by atoms with Crippen LogP contribution in [-0.4, -0.2) is 21.6 Å². The van der Waals surface area contributed by atoms with E-state index in [4.69, 9.17) is 4.74 Å². The second kappa shape index (κ2) is 4.59. The predicted molar refractivity (Wildman–Crippen MR) is 82.9 cm³/mol. The first kappa shape index (κ1) is 11.9. The number of methoxy groups -OCH3 is 1. The molecule has 4 aromatic rings. The summed E-state index contributed by atoms with van der Waals surface area (Å²) in [6.45, 7) is 0. The number of pyridine rings is 2. The second-order valence-corrected chi connectivity index (χ2v) is 4.88. The van der Waals surface area contributed by atoms with Crippen molar-refractivity contribution < 1.29 is 4.74 Å². The largest absolute Gasteiger partial charge is 0.497 e. The van der Waals surface area contributed by atoms with Crippen molar-refractivity contribution in [3.05, 3.63) is 61.2 Å². The Kier molecular flexibility index (Phi) is 2.60. The van der Waals surface area contributed by atoms with Crippen molar-refractivity contribution >= 4 is 21.7 Å². The lowest BCUT2D eigenvalue weighted by molar-refractivity contribution is 0.415. The third-order valence-corrected chi connectivity index (χ3v) is 3.66. The van der Waals surface area contributed by atoms with Crippen LogP contribution in [0.5, 0.6) is 5.75 Å². The maximum atomic E-state index is 5.24. The Balaban J connectivity index is 1.90. The fourth-order valence-electron chi connectivity index (χ4n) is 2.54. The number of rotatable bonds is 2. The summed E-state index contributed by atoms with van der Waals surface area (Å²) in [6, 6.07) is 12.1. The van der Waals surface area contributed by atoms with Crippen LogP contribution >= 0.6 is 0 Å². The molecule has 0 fully saturated rings. The molecule has 0 saturated heterocycles. The van der Waals surface area contributed by atoms with E-state index < -0.39 is 0 Å². The zero-order valence-corrected chi connectivity index (χ0v) is 11.5. The van der Waals surface area contributed by atoms with Gasteiger partial charge in [-0.3, -0.25) is 9.55 Å². The van der Waals surface area contributed by atoms with Gasteiger partial charge in [-0.25, -0.2) is 4.98 Å². The molecule has 0 atom stereocenters. The number of ether oxygens (including phenoxy) is 1. The highest BCUT2D eigenvalue weighted by molar-refractivity contribution is 5.86. The van der Waals surface area contributed by atoms with E-state index in [1.54, 1.807) is 13.3 Å². The Labute approximate surface area is 121 Å². The lowest BCUT2D eigenvalue weighted by Crippen LogP contribution is -1.95. The molecule has 0 bridgehead atoms. The Morgan fingerprint density at radius 1 is 0.952 bits per heavy atom. The molecule has 0 unspecified atom stereocenters.